The average molecular weight is 390 g/mol. The lowest BCUT2D eigenvalue weighted by Gasteiger charge is -2.35. The molecule has 2 aromatic rings. The number of nitrogens with zero attached hydrogens (tertiary/aromatic N) is 1. The van der Waals surface area contributed by atoms with Crippen LogP contribution in [0.4, 0.5) is 0 Å². The number of rotatable bonds is 5. The minimum absolute atomic E-state index is 0. The number of piperidine rings is 1. The van der Waals surface area contributed by atoms with Gasteiger partial charge >= 0.3 is 0 Å². The lowest BCUT2D eigenvalue weighted by molar-refractivity contribution is -0.142. The van der Waals surface area contributed by atoms with Crippen LogP contribution in [0.2, 0.25) is 0 Å². The lowest BCUT2D eigenvalue weighted by Crippen LogP contribution is -2.52. The lowest BCUT2D eigenvalue weighted by atomic mass is 9.98. The quantitative estimate of drug-likeness (QED) is 0.824. The van der Waals surface area contributed by atoms with Gasteiger partial charge in [0, 0.05) is 19.5 Å². The molecule has 3 N–H and O–H groups in total. The number of benzene rings is 2. The molecule has 1 fully saturated rings. The van der Waals surface area contributed by atoms with Crippen molar-refractivity contribution in [2.24, 2.45) is 5.73 Å². The second kappa shape index (κ2) is 9.72. The molecule has 0 spiro atoms. The van der Waals surface area contributed by atoms with Crippen LogP contribution in [0.5, 0.6) is 0 Å². The fourth-order valence-corrected chi connectivity index (χ4v) is 3.68. The molecule has 146 valence electrons. The van der Waals surface area contributed by atoms with Gasteiger partial charge in [-0.05, 0) is 41.7 Å². The number of amides is 2. The summed E-state index contributed by atoms with van der Waals surface area (Å²) in [7, 11) is 0. The molecule has 2 unspecified atom stereocenters. The van der Waals surface area contributed by atoms with E-state index in [-0.39, 0.29) is 36.3 Å². The van der Waals surface area contributed by atoms with Crippen molar-refractivity contribution in [3.8, 4) is 0 Å². The minimum atomic E-state index is -0.384. The van der Waals surface area contributed by atoms with Gasteiger partial charge in [-0.15, -0.1) is 12.4 Å². The molecule has 0 aromatic heterocycles. The first-order valence-corrected chi connectivity index (χ1v) is 9.42. The molecule has 3 rings (SSSR count). The second-order valence-corrected chi connectivity index (χ2v) is 6.86. The van der Waals surface area contributed by atoms with Crippen molar-refractivity contribution in [1.29, 1.82) is 0 Å². The Labute approximate surface area is 166 Å². The Morgan fingerprint density at radius 1 is 1.19 bits per heavy atom. The fraction of sp³-hybridized carbons (Fsp3) is 0.429. The van der Waals surface area contributed by atoms with E-state index in [0.29, 0.717) is 25.9 Å². The first-order chi connectivity index (χ1) is 12.6. The summed E-state index contributed by atoms with van der Waals surface area (Å²) in [4.78, 5) is 26.8. The molecule has 0 aliphatic carbocycles. The number of likely N-dealkylation sites (tertiary alicyclic amines) is 1. The number of carbonyl (C=O) groups excluding carboxylic acids is 2. The van der Waals surface area contributed by atoms with Crippen LogP contribution in [0.15, 0.2) is 42.5 Å². The van der Waals surface area contributed by atoms with E-state index >= 15 is 0 Å². The zero-order valence-corrected chi connectivity index (χ0v) is 16.5. The average Bonchev–Trinajstić information content (AvgIpc) is 2.70. The highest BCUT2D eigenvalue weighted by atomic mass is 35.5. The first-order valence-electron chi connectivity index (χ1n) is 9.42. The van der Waals surface area contributed by atoms with E-state index in [1.807, 2.05) is 31.2 Å². The molecule has 1 aliphatic rings. The summed E-state index contributed by atoms with van der Waals surface area (Å²) in [5.41, 5.74) is 6.94. The third-order valence-corrected chi connectivity index (χ3v) is 5.16. The van der Waals surface area contributed by atoms with Crippen molar-refractivity contribution in [3.05, 3.63) is 48.0 Å². The highest BCUT2D eigenvalue weighted by Crippen LogP contribution is 2.22. The number of nitrogens with two attached hydrogens (primary N) is 1. The standard InChI is InChI=1S/C21H27N3O2.ClH/c1-2-20(25)24-12-6-5-9-19(24)21(26)23-18(14-22)17-11-10-15-7-3-4-8-16(15)13-17;/h3-4,7-8,10-11,13,18-19H,2,5-6,9,12,14,22H2,1H3,(H,23,26);1H. The van der Waals surface area contributed by atoms with Crippen LogP contribution in [0, 0.1) is 0 Å². The third kappa shape index (κ3) is 4.79. The van der Waals surface area contributed by atoms with Crippen molar-refractivity contribution >= 4 is 35.0 Å². The number of nitrogens with one attached hydrogen (secondary N) is 1. The maximum atomic E-state index is 12.9. The predicted molar refractivity (Wildman–Crippen MR) is 111 cm³/mol. The van der Waals surface area contributed by atoms with E-state index in [1.54, 1.807) is 4.90 Å². The number of fused-ring (bicyclic) bond motifs is 1. The maximum absolute atomic E-state index is 12.9. The van der Waals surface area contributed by atoms with Crippen molar-refractivity contribution < 1.29 is 9.59 Å². The van der Waals surface area contributed by atoms with Gasteiger partial charge in [0.15, 0.2) is 0 Å². The minimum Gasteiger partial charge on any atom is -0.346 e. The maximum Gasteiger partial charge on any atom is 0.243 e. The second-order valence-electron chi connectivity index (χ2n) is 6.86. The SMILES string of the molecule is CCC(=O)N1CCCCC1C(=O)NC(CN)c1ccc2ccccc2c1.Cl. The summed E-state index contributed by atoms with van der Waals surface area (Å²) in [6, 6.07) is 13.6. The van der Waals surface area contributed by atoms with Gasteiger partial charge in [-0.25, -0.2) is 0 Å². The van der Waals surface area contributed by atoms with Gasteiger partial charge in [-0.2, -0.15) is 0 Å². The molecular weight excluding hydrogens is 362 g/mol. The largest absolute Gasteiger partial charge is 0.346 e. The Kier molecular flexibility index (Phi) is 7.63. The Morgan fingerprint density at radius 2 is 1.93 bits per heavy atom. The highest BCUT2D eigenvalue weighted by molar-refractivity contribution is 5.88. The molecule has 0 radical (unpaired) electrons. The number of hydrogen-bond acceptors (Lipinski definition) is 3. The Hall–Kier alpha value is -2.11. The summed E-state index contributed by atoms with van der Waals surface area (Å²) in [5.74, 6) is -0.0602. The van der Waals surface area contributed by atoms with Crippen LogP contribution in [-0.4, -0.2) is 35.8 Å². The normalized spacial score (nSPS) is 17.9. The van der Waals surface area contributed by atoms with Gasteiger partial charge in [-0.1, -0.05) is 43.3 Å². The molecule has 5 nitrogen and oxygen atoms in total. The molecule has 1 saturated heterocycles. The Bertz CT molecular complexity index is 796. The van der Waals surface area contributed by atoms with Crippen molar-refractivity contribution in [2.75, 3.05) is 13.1 Å². The monoisotopic (exact) mass is 389 g/mol. The smallest absolute Gasteiger partial charge is 0.243 e. The topological polar surface area (TPSA) is 75.4 Å². The van der Waals surface area contributed by atoms with Gasteiger partial charge in [0.05, 0.1) is 6.04 Å². The summed E-state index contributed by atoms with van der Waals surface area (Å²) < 4.78 is 0. The molecule has 1 heterocycles. The van der Waals surface area contributed by atoms with E-state index in [0.717, 1.165) is 29.2 Å². The summed E-state index contributed by atoms with van der Waals surface area (Å²) in [5, 5.41) is 5.35. The number of carbonyl (C=O) groups is 2. The highest BCUT2D eigenvalue weighted by Gasteiger charge is 2.32. The molecule has 27 heavy (non-hydrogen) atoms. The molecule has 2 aromatic carbocycles. The predicted octanol–water partition coefficient (Wildman–Crippen LogP) is 3.17. The summed E-state index contributed by atoms with van der Waals surface area (Å²) in [6.07, 6.45) is 3.07. The van der Waals surface area contributed by atoms with Gasteiger partial charge in [-0.3, -0.25) is 9.59 Å². The van der Waals surface area contributed by atoms with Crippen LogP contribution >= 0.6 is 12.4 Å². The van der Waals surface area contributed by atoms with Crippen LogP contribution < -0.4 is 11.1 Å². The van der Waals surface area contributed by atoms with Crippen molar-refractivity contribution in [1.82, 2.24) is 10.2 Å². The van der Waals surface area contributed by atoms with Gasteiger partial charge in [0.1, 0.15) is 6.04 Å². The van der Waals surface area contributed by atoms with Crippen LogP contribution in [-0.2, 0) is 9.59 Å². The molecule has 6 heteroatoms. The number of halogens is 1. The van der Waals surface area contributed by atoms with Crippen LogP contribution in [0.25, 0.3) is 10.8 Å². The summed E-state index contributed by atoms with van der Waals surface area (Å²) in [6.45, 7) is 2.82. The molecule has 0 bridgehead atoms. The van der Waals surface area contributed by atoms with Crippen molar-refractivity contribution in [2.45, 2.75) is 44.7 Å². The van der Waals surface area contributed by atoms with E-state index < -0.39 is 0 Å². The van der Waals surface area contributed by atoms with E-state index in [9.17, 15) is 9.59 Å². The Morgan fingerprint density at radius 3 is 2.63 bits per heavy atom. The zero-order chi connectivity index (χ0) is 18.5. The van der Waals surface area contributed by atoms with E-state index in [4.69, 9.17) is 5.73 Å². The third-order valence-electron chi connectivity index (χ3n) is 5.16. The molecular formula is C21H28ClN3O2. The van der Waals surface area contributed by atoms with E-state index in [2.05, 4.69) is 23.5 Å². The zero-order valence-electron chi connectivity index (χ0n) is 15.7. The summed E-state index contributed by atoms with van der Waals surface area (Å²) >= 11 is 0. The first kappa shape index (κ1) is 21.2. The van der Waals surface area contributed by atoms with Gasteiger partial charge in [0.2, 0.25) is 11.8 Å². The Balaban J connectivity index is 0.00000261. The van der Waals surface area contributed by atoms with Crippen molar-refractivity contribution in [3.63, 3.8) is 0 Å². The van der Waals surface area contributed by atoms with Crippen LogP contribution in [0.1, 0.15) is 44.2 Å². The van der Waals surface area contributed by atoms with E-state index in [1.165, 1.54) is 0 Å². The fourth-order valence-electron chi connectivity index (χ4n) is 3.68. The van der Waals surface area contributed by atoms with Gasteiger partial charge < -0.3 is 16.0 Å². The molecule has 1 aliphatic heterocycles. The number of hydrogen-bond donors (Lipinski definition) is 2. The molecule has 0 saturated carbocycles. The van der Waals surface area contributed by atoms with Crippen LogP contribution in [0.3, 0.4) is 0 Å². The molecule has 2 amide bonds. The molecule has 2 atom stereocenters. The van der Waals surface area contributed by atoms with Gasteiger partial charge in [0.25, 0.3) is 0 Å².